The Balaban J connectivity index is 1.94. The summed E-state index contributed by atoms with van der Waals surface area (Å²) in [5, 5.41) is 14.7. The van der Waals surface area contributed by atoms with E-state index in [4.69, 9.17) is 16.3 Å². The predicted octanol–water partition coefficient (Wildman–Crippen LogP) is 4.28. The maximum absolute atomic E-state index is 11.5. The molecule has 0 atom stereocenters. The van der Waals surface area contributed by atoms with Crippen LogP contribution in [0, 0.1) is 17.0 Å². The highest BCUT2D eigenvalue weighted by Crippen LogP contribution is 2.35. The summed E-state index contributed by atoms with van der Waals surface area (Å²) in [6.07, 6.45) is 2.59. The van der Waals surface area contributed by atoms with Crippen LogP contribution in [0.3, 0.4) is 0 Å². The zero-order valence-electron chi connectivity index (χ0n) is 13.0. The number of nitrogens with one attached hydrogen (secondary N) is 1. The number of pyridine rings is 1. The highest BCUT2D eigenvalue weighted by atomic mass is 35.5. The third kappa shape index (κ3) is 3.99. The van der Waals surface area contributed by atoms with Crippen LogP contribution in [-0.4, -0.2) is 19.9 Å². The van der Waals surface area contributed by atoms with Crippen molar-refractivity contribution in [2.75, 3.05) is 5.32 Å². The van der Waals surface area contributed by atoms with Crippen molar-refractivity contribution >= 4 is 28.9 Å². The molecule has 1 N–H and O–H groups in total. The number of benzene rings is 1. The molecule has 0 aliphatic heterocycles. The van der Waals surface area contributed by atoms with Crippen molar-refractivity contribution in [3.8, 4) is 11.6 Å². The van der Waals surface area contributed by atoms with Crippen molar-refractivity contribution in [2.24, 2.45) is 0 Å². The van der Waals surface area contributed by atoms with Gasteiger partial charge in [-0.25, -0.2) is 9.97 Å². The monoisotopic (exact) mass is 357 g/mol. The number of hydrogen-bond acceptors (Lipinski definition) is 7. The van der Waals surface area contributed by atoms with E-state index in [9.17, 15) is 10.1 Å². The van der Waals surface area contributed by atoms with Gasteiger partial charge < -0.3 is 10.1 Å². The summed E-state index contributed by atoms with van der Waals surface area (Å²) in [5.41, 5.74) is 0.653. The van der Waals surface area contributed by atoms with Crippen LogP contribution in [0.5, 0.6) is 11.6 Å². The lowest BCUT2D eigenvalue weighted by Crippen LogP contribution is -2.04. The SMILES string of the molecule is Cc1ccc(Oc2ncnc(Nc3ccc(Cl)cn3)c2[N+](=O)[O-])cc1. The number of rotatable bonds is 5. The molecule has 126 valence electrons. The molecule has 9 heteroatoms. The van der Waals surface area contributed by atoms with E-state index >= 15 is 0 Å². The number of nitrogens with zero attached hydrogens (tertiary/aromatic N) is 4. The molecule has 0 unspecified atom stereocenters. The van der Waals surface area contributed by atoms with Crippen molar-refractivity contribution in [3.05, 3.63) is 69.6 Å². The van der Waals surface area contributed by atoms with Crippen LogP contribution < -0.4 is 10.1 Å². The number of ether oxygens (including phenoxy) is 1. The molecular formula is C16H12ClN5O3. The fourth-order valence-electron chi connectivity index (χ4n) is 1.98. The molecule has 0 fully saturated rings. The summed E-state index contributed by atoms with van der Waals surface area (Å²) in [6, 6.07) is 10.3. The number of halogens is 1. The predicted molar refractivity (Wildman–Crippen MR) is 92.5 cm³/mol. The third-order valence-corrected chi connectivity index (χ3v) is 3.40. The van der Waals surface area contributed by atoms with Gasteiger partial charge >= 0.3 is 11.6 Å². The van der Waals surface area contributed by atoms with Crippen LogP contribution in [0.25, 0.3) is 0 Å². The third-order valence-electron chi connectivity index (χ3n) is 3.18. The van der Waals surface area contributed by atoms with Gasteiger partial charge in [-0.3, -0.25) is 10.1 Å². The van der Waals surface area contributed by atoms with E-state index in [0.29, 0.717) is 16.6 Å². The Kier molecular flexibility index (Phi) is 4.71. The standard InChI is InChI=1S/C16H12ClN5O3/c1-10-2-5-12(6-3-10)25-16-14(22(23)24)15(19-9-20-16)21-13-7-4-11(17)8-18-13/h2-9H,1H3,(H,18,19,20,21). The number of hydrogen-bond donors (Lipinski definition) is 1. The minimum Gasteiger partial charge on any atom is -0.434 e. The molecule has 0 spiro atoms. The quantitative estimate of drug-likeness (QED) is 0.537. The molecule has 2 aromatic heterocycles. The minimum absolute atomic E-state index is 0.0306. The smallest absolute Gasteiger partial charge is 0.373 e. The van der Waals surface area contributed by atoms with E-state index in [1.54, 1.807) is 24.3 Å². The van der Waals surface area contributed by atoms with E-state index < -0.39 is 4.92 Å². The Hall–Kier alpha value is -3.26. The second-order valence-corrected chi connectivity index (χ2v) is 5.47. The zero-order valence-corrected chi connectivity index (χ0v) is 13.8. The van der Waals surface area contributed by atoms with Gasteiger partial charge in [0.15, 0.2) is 0 Å². The molecule has 0 saturated carbocycles. The van der Waals surface area contributed by atoms with E-state index in [2.05, 4.69) is 20.3 Å². The van der Waals surface area contributed by atoms with E-state index in [1.165, 1.54) is 12.5 Å². The number of aromatic nitrogens is 3. The maximum atomic E-state index is 11.5. The Morgan fingerprint density at radius 3 is 2.52 bits per heavy atom. The van der Waals surface area contributed by atoms with E-state index in [-0.39, 0.29) is 17.4 Å². The van der Waals surface area contributed by atoms with Crippen LogP contribution in [0.15, 0.2) is 48.9 Å². The average Bonchev–Trinajstić information content (AvgIpc) is 2.59. The van der Waals surface area contributed by atoms with Crippen LogP contribution in [0.1, 0.15) is 5.56 Å². The minimum atomic E-state index is -0.609. The molecule has 0 aliphatic carbocycles. The first-order valence-electron chi connectivity index (χ1n) is 7.15. The fourth-order valence-corrected chi connectivity index (χ4v) is 2.09. The fraction of sp³-hybridized carbons (Fsp3) is 0.0625. The van der Waals surface area contributed by atoms with Crippen LogP contribution in [-0.2, 0) is 0 Å². The van der Waals surface area contributed by atoms with Crippen molar-refractivity contribution < 1.29 is 9.66 Å². The molecule has 3 rings (SSSR count). The molecule has 0 radical (unpaired) electrons. The molecule has 0 aliphatic rings. The van der Waals surface area contributed by atoms with Crippen LogP contribution in [0.4, 0.5) is 17.3 Å². The molecule has 25 heavy (non-hydrogen) atoms. The van der Waals surface area contributed by atoms with Gasteiger partial charge in [0.25, 0.3) is 0 Å². The zero-order chi connectivity index (χ0) is 17.8. The normalized spacial score (nSPS) is 10.3. The van der Waals surface area contributed by atoms with Gasteiger partial charge in [0.1, 0.15) is 17.9 Å². The summed E-state index contributed by atoms with van der Waals surface area (Å²) in [7, 11) is 0. The Labute approximate surface area is 147 Å². The summed E-state index contributed by atoms with van der Waals surface area (Å²) in [5.74, 6) is 0.590. The van der Waals surface area contributed by atoms with Gasteiger partial charge in [-0.1, -0.05) is 29.3 Å². The lowest BCUT2D eigenvalue weighted by molar-refractivity contribution is -0.385. The van der Waals surface area contributed by atoms with Gasteiger partial charge in [0, 0.05) is 6.20 Å². The number of nitro groups is 1. The highest BCUT2D eigenvalue weighted by molar-refractivity contribution is 6.30. The summed E-state index contributed by atoms with van der Waals surface area (Å²) in [6.45, 7) is 1.93. The lowest BCUT2D eigenvalue weighted by atomic mass is 10.2. The molecule has 2 heterocycles. The molecule has 0 saturated heterocycles. The average molecular weight is 358 g/mol. The molecular weight excluding hydrogens is 346 g/mol. The van der Waals surface area contributed by atoms with Crippen molar-refractivity contribution in [3.63, 3.8) is 0 Å². The molecule has 0 amide bonds. The Bertz CT molecular complexity index is 835. The molecule has 8 nitrogen and oxygen atoms in total. The summed E-state index contributed by atoms with van der Waals surface area (Å²) < 4.78 is 5.55. The second-order valence-electron chi connectivity index (χ2n) is 5.03. The first kappa shape index (κ1) is 16.6. The topological polar surface area (TPSA) is 103 Å². The van der Waals surface area contributed by atoms with Crippen molar-refractivity contribution in [1.82, 2.24) is 15.0 Å². The largest absolute Gasteiger partial charge is 0.434 e. The lowest BCUT2D eigenvalue weighted by Gasteiger charge is -2.09. The maximum Gasteiger partial charge on any atom is 0.373 e. The molecule has 1 aromatic carbocycles. The summed E-state index contributed by atoms with van der Waals surface area (Å²) in [4.78, 5) is 22.7. The van der Waals surface area contributed by atoms with Gasteiger partial charge in [0.05, 0.1) is 9.95 Å². The van der Waals surface area contributed by atoms with E-state index in [1.807, 2.05) is 19.1 Å². The Morgan fingerprint density at radius 2 is 1.88 bits per heavy atom. The number of aryl methyl sites for hydroxylation is 1. The summed E-state index contributed by atoms with van der Waals surface area (Å²) >= 11 is 5.78. The van der Waals surface area contributed by atoms with Crippen molar-refractivity contribution in [1.29, 1.82) is 0 Å². The second kappa shape index (κ2) is 7.10. The Morgan fingerprint density at radius 1 is 1.12 bits per heavy atom. The van der Waals surface area contributed by atoms with Gasteiger partial charge in [-0.05, 0) is 31.2 Å². The van der Waals surface area contributed by atoms with E-state index in [0.717, 1.165) is 5.56 Å². The first-order valence-corrected chi connectivity index (χ1v) is 7.53. The molecule has 3 aromatic rings. The highest BCUT2D eigenvalue weighted by Gasteiger charge is 2.25. The van der Waals surface area contributed by atoms with Gasteiger partial charge in [0.2, 0.25) is 5.82 Å². The van der Waals surface area contributed by atoms with Crippen LogP contribution in [0.2, 0.25) is 5.02 Å². The van der Waals surface area contributed by atoms with Gasteiger partial charge in [-0.2, -0.15) is 4.98 Å². The molecule has 0 bridgehead atoms. The first-order chi connectivity index (χ1) is 12.0. The van der Waals surface area contributed by atoms with Crippen molar-refractivity contribution in [2.45, 2.75) is 6.92 Å². The van der Waals surface area contributed by atoms with Crippen LogP contribution >= 0.6 is 11.6 Å². The number of anilines is 2. The van der Waals surface area contributed by atoms with Gasteiger partial charge in [-0.15, -0.1) is 0 Å².